The van der Waals surface area contributed by atoms with Crippen molar-refractivity contribution in [2.75, 3.05) is 20.8 Å². The van der Waals surface area contributed by atoms with E-state index in [4.69, 9.17) is 47.3 Å². The number of ether oxygens (including phenoxy) is 4. The summed E-state index contributed by atoms with van der Waals surface area (Å²) in [5, 5.41) is 8.03. The van der Waals surface area contributed by atoms with Gasteiger partial charge >= 0.3 is 0 Å². The maximum Gasteiger partial charge on any atom is 0.213 e. The SMILES string of the molecule is CCOc1ccc(C2Oc3c(Cl)cc(Cl)cc3C3CC(c4ccc(OC)c(OC)c4)=NN32)cc1. The van der Waals surface area contributed by atoms with Crippen LogP contribution in [0.15, 0.2) is 59.7 Å². The average Bonchev–Trinajstić information content (AvgIpc) is 3.30. The lowest BCUT2D eigenvalue weighted by molar-refractivity contribution is -0.0189. The quantitative estimate of drug-likeness (QED) is 0.380. The summed E-state index contributed by atoms with van der Waals surface area (Å²) in [5.41, 5.74) is 3.72. The molecule has 0 saturated carbocycles. The van der Waals surface area contributed by atoms with Crippen LogP contribution >= 0.6 is 23.2 Å². The van der Waals surface area contributed by atoms with E-state index in [-0.39, 0.29) is 6.04 Å². The minimum absolute atomic E-state index is 0.0837. The van der Waals surface area contributed by atoms with E-state index in [0.717, 1.165) is 28.2 Å². The molecule has 0 N–H and O–H groups in total. The number of methoxy groups -OCH3 is 2. The number of hydrazone groups is 1. The number of nitrogens with zero attached hydrogens (tertiary/aromatic N) is 2. The summed E-state index contributed by atoms with van der Waals surface area (Å²) in [4.78, 5) is 0. The summed E-state index contributed by atoms with van der Waals surface area (Å²) in [7, 11) is 3.24. The Labute approximate surface area is 208 Å². The molecule has 2 atom stereocenters. The lowest BCUT2D eigenvalue weighted by Gasteiger charge is -2.38. The van der Waals surface area contributed by atoms with E-state index in [2.05, 4.69) is 0 Å². The zero-order chi connectivity index (χ0) is 23.8. The molecular weight excluding hydrogens is 475 g/mol. The molecule has 6 nitrogen and oxygen atoms in total. The van der Waals surface area contributed by atoms with E-state index in [1.54, 1.807) is 20.3 Å². The normalized spacial score (nSPS) is 18.5. The molecule has 34 heavy (non-hydrogen) atoms. The molecule has 0 fully saturated rings. The van der Waals surface area contributed by atoms with Crippen molar-refractivity contribution < 1.29 is 18.9 Å². The Hall–Kier alpha value is -3.09. The van der Waals surface area contributed by atoms with Gasteiger partial charge in [0, 0.05) is 28.1 Å². The van der Waals surface area contributed by atoms with E-state index in [1.165, 1.54) is 0 Å². The molecule has 0 saturated heterocycles. The van der Waals surface area contributed by atoms with Gasteiger partial charge in [-0.1, -0.05) is 23.2 Å². The first-order chi connectivity index (χ1) is 16.5. The molecule has 0 spiro atoms. The summed E-state index contributed by atoms with van der Waals surface area (Å²) in [6, 6.07) is 17.2. The lowest BCUT2D eigenvalue weighted by atomic mass is 9.95. The number of fused-ring (bicyclic) bond motifs is 3. The fourth-order valence-electron chi connectivity index (χ4n) is 4.42. The van der Waals surface area contributed by atoms with Gasteiger partial charge in [0.05, 0.1) is 37.6 Å². The molecule has 0 aliphatic carbocycles. The fraction of sp³-hybridized carbons (Fsp3) is 0.269. The van der Waals surface area contributed by atoms with Crippen LogP contribution in [0.1, 0.15) is 42.3 Å². The predicted molar refractivity (Wildman–Crippen MR) is 133 cm³/mol. The van der Waals surface area contributed by atoms with E-state index < -0.39 is 6.23 Å². The van der Waals surface area contributed by atoms with Crippen LogP contribution in [0.25, 0.3) is 0 Å². The van der Waals surface area contributed by atoms with Crippen LogP contribution in [-0.4, -0.2) is 31.5 Å². The number of halogens is 2. The molecule has 3 aromatic rings. The topological polar surface area (TPSA) is 52.5 Å². The van der Waals surface area contributed by atoms with Gasteiger partial charge in [-0.15, -0.1) is 0 Å². The minimum Gasteiger partial charge on any atom is -0.494 e. The first kappa shape index (κ1) is 22.7. The highest BCUT2D eigenvalue weighted by molar-refractivity contribution is 6.35. The predicted octanol–water partition coefficient (Wildman–Crippen LogP) is 6.65. The Morgan fingerprint density at radius 1 is 1.00 bits per heavy atom. The van der Waals surface area contributed by atoms with Gasteiger partial charge in [-0.25, -0.2) is 5.01 Å². The van der Waals surface area contributed by atoms with Crippen molar-refractivity contribution in [2.45, 2.75) is 25.6 Å². The molecule has 0 amide bonds. The van der Waals surface area contributed by atoms with Crippen LogP contribution < -0.4 is 18.9 Å². The molecule has 8 heteroatoms. The molecule has 2 unspecified atom stereocenters. The highest BCUT2D eigenvalue weighted by Gasteiger charge is 2.42. The van der Waals surface area contributed by atoms with Crippen molar-refractivity contribution in [3.63, 3.8) is 0 Å². The molecule has 176 valence electrons. The Bertz CT molecular complexity index is 1250. The molecule has 5 rings (SSSR count). The van der Waals surface area contributed by atoms with Crippen molar-refractivity contribution in [2.24, 2.45) is 5.10 Å². The van der Waals surface area contributed by atoms with Gasteiger partial charge in [-0.2, -0.15) is 5.10 Å². The van der Waals surface area contributed by atoms with Crippen molar-refractivity contribution >= 4 is 28.9 Å². The Morgan fingerprint density at radius 3 is 2.47 bits per heavy atom. The Balaban J connectivity index is 1.57. The second-order valence-electron chi connectivity index (χ2n) is 7.99. The van der Waals surface area contributed by atoms with Gasteiger partial charge in [-0.3, -0.25) is 0 Å². The van der Waals surface area contributed by atoms with Crippen LogP contribution in [0.5, 0.6) is 23.0 Å². The summed E-state index contributed by atoms with van der Waals surface area (Å²) in [5.74, 6) is 2.76. The monoisotopic (exact) mass is 498 g/mol. The van der Waals surface area contributed by atoms with Crippen molar-refractivity contribution in [3.8, 4) is 23.0 Å². The van der Waals surface area contributed by atoms with Crippen molar-refractivity contribution in [1.29, 1.82) is 0 Å². The third-order valence-electron chi connectivity index (χ3n) is 6.00. The number of hydrogen-bond acceptors (Lipinski definition) is 6. The highest BCUT2D eigenvalue weighted by Crippen LogP contribution is 2.51. The van der Waals surface area contributed by atoms with Gasteiger partial charge in [0.1, 0.15) is 11.5 Å². The summed E-state index contributed by atoms with van der Waals surface area (Å²) in [6.45, 7) is 2.57. The van der Waals surface area contributed by atoms with Crippen LogP contribution in [0.3, 0.4) is 0 Å². The Morgan fingerprint density at radius 2 is 1.76 bits per heavy atom. The number of hydrogen-bond donors (Lipinski definition) is 0. The van der Waals surface area contributed by atoms with Crippen LogP contribution in [-0.2, 0) is 0 Å². The standard InChI is InChI=1S/C26H24Cl2N2O4/c1-4-33-18-8-5-15(6-9-18)26-30-22(19-12-17(27)13-20(28)25(19)34-26)14-21(29-30)16-7-10-23(31-2)24(11-16)32-3/h5-13,22,26H,4,14H2,1-3H3. The first-order valence-corrected chi connectivity index (χ1v) is 11.7. The van der Waals surface area contributed by atoms with E-state index in [9.17, 15) is 0 Å². The molecule has 2 heterocycles. The maximum atomic E-state index is 6.57. The highest BCUT2D eigenvalue weighted by atomic mass is 35.5. The minimum atomic E-state index is -0.454. The van der Waals surface area contributed by atoms with Crippen molar-refractivity contribution in [1.82, 2.24) is 5.01 Å². The first-order valence-electron chi connectivity index (χ1n) is 11.0. The molecule has 0 bridgehead atoms. The van der Waals surface area contributed by atoms with Gasteiger partial charge in [-0.05, 0) is 61.5 Å². The van der Waals surface area contributed by atoms with Gasteiger partial charge in [0.25, 0.3) is 0 Å². The van der Waals surface area contributed by atoms with Crippen LogP contribution in [0.2, 0.25) is 10.0 Å². The second kappa shape index (κ2) is 9.28. The summed E-state index contributed by atoms with van der Waals surface area (Å²) >= 11 is 12.9. The molecule has 2 aliphatic rings. The zero-order valence-electron chi connectivity index (χ0n) is 19.0. The zero-order valence-corrected chi connectivity index (χ0v) is 20.6. The summed E-state index contributed by atoms with van der Waals surface area (Å²) in [6.07, 6.45) is 0.209. The van der Waals surface area contributed by atoms with Crippen molar-refractivity contribution in [3.05, 3.63) is 81.3 Å². The Kier molecular flexibility index (Phi) is 6.19. The van der Waals surface area contributed by atoms with Gasteiger partial charge in [0.15, 0.2) is 11.5 Å². The smallest absolute Gasteiger partial charge is 0.213 e. The third-order valence-corrected chi connectivity index (χ3v) is 6.50. The molecule has 2 aliphatic heterocycles. The molecular formula is C26H24Cl2N2O4. The van der Waals surface area contributed by atoms with Crippen LogP contribution in [0, 0.1) is 0 Å². The largest absolute Gasteiger partial charge is 0.494 e. The van der Waals surface area contributed by atoms with E-state index >= 15 is 0 Å². The maximum absolute atomic E-state index is 6.57. The molecule has 0 aromatic heterocycles. The van der Waals surface area contributed by atoms with Crippen LogP contribution in [0.4, 0.5) is 0 Å². The number of rotatable bonds is 6. The van der Waals surface area contributed by atoms with Gasteiger partial charge in [0.2, 0.25) is 6.23 Å². The van der Waals surface area contributed by atoms with E-state index in [0.29, 0.717) is 40.3 Å². The summed E-state index contributed by atoms with van der Waals surface area (Å²) < 4.78 is 22.9. The average molecular weight is 499 g/mol. The fourth-order valence-corrected chi connectivity index (χ4v) is 4.97. The third kappa shape index (κ3) is 4.01. The second-order valence-corrected chi connectivity index (χ2v) is 8.84. The number of benzene rings is 3. The molecule has 0 radical (unpaired) electrons. The van der Waals surface area contributed by atoms with Gasteiger partial charge < -0.3 is 18.9 Å². The lowest BCUT2D eigenvalue weighted by Crippen LogP contribution is -2.33. The van der Waals surface area contributed by atoms with E-state index in [1.807, 2.05) is 60.5 Å². The molecule has 3 aromatic carbocycles.